The Labute approximate surface area is 236 Å². The Balaban J connectivity index is 1.19. The number of aryl methyl sites for hydroxylation is 2. The molecule has 2 aromatic carbocycles. The number of nitrogens with zero attached hydrogens (tertiary/aromatic N) is 6. The molecule has 10 nitrogen and oxygen atoms in total. The monoisotopic (exact) mass is 551 g/mol. The first-order valence-corrected chi connectivity index (χ1v) is 13.4. The number of aromatic nitrogens is 3. The number of nitrogens with one attached hydrogen (secondary N) is 3. The van der Waals surface area contributed by atoms with E-state index in [1.165, 1.54) is 0 Å². The van der Waals surface area contributed by atoms with Crippen LogP contribution in [0.2, 0.25) is 5.02 Å². The predicted octanol–water partition coefficient (Wildman–Crippen LogP) is 5.34. The molecular weight excluding hydrogens is 526 g/mol. The van der Waals surface area contributed by atoms with Crippen LogP contribution >= 0.6 is 11.6 Å². The molecule has 6 rings (SSSR count). The summed E-state index contributed by atoms with van der Waals surface area (Å²) in [6.07, 6.45) is 6.54. The molecule has 4 heterocycles. The zero-order valence-corrected chi connectivity index (χ0v) is 22.3. The van der Waals surface area contributed by atoms with Gasteiger partial charge in [-0.15, -0.1) is 0 Å². The van der Waals surface area contributed by atoms with E-state index in [4.69, 9.17) is 16.9 Å². The van der Waals surface area contributed by atoms with Crippen molar-refractivity contribution in [2.24, 2.45) is 0 Å². The highest BCUT2D eigenvalue weighted by molar-refractivity contribution is 6.32. The van der Waals surface area contributed by atoms with E-state index in [0.717, 1.165) is 40.3 Å². The van der Waals surface area contributed by atoms with Gasteiger partial charge in [0.05, 0.1) is 29.7 Å². The number of carbonyl (C=O) groups is 1. The lowest BCUT2D eigenvalue weighted by Crippen LogP contribution is -2.50. The number of anilines is 6. The SMILES string of the molecule is N#Cc1ccc(N2CCN(C(=O)Nc3ccc4cc3CCc3cncc(c3)Nc3ncc(Cl)c(n3)N4)CC2)cc1. The Kier molecular flexibility index (Phi) is 7.04. The van der Waals surface area contributed by atoms with E-state index in [2.05, 4.69) is 41.9 Å². The topological polar surface area (TPSA) is 122 Å². The van der Waals surface area contributed by atoms with Crippen LogP contribution in [0.5, 0.6) is 0 Å². The van der Waals surface area contributed by atoms with E-state index >= 15 is 0 Å². The third kappa shape index (κ3) is 5.60. The lowest BCUT2D eigenvalue weighted by atomic mass is 10.0. The van der Waals surface area contributed by atoms with Crippen molar-refractivity contribution in [3.8, 4) is 6.07 Å². The minimum Gasteiger partial charge on any atom is -0.368 e. The Morgan fingerprint density at radius 3 is 2.58 bits per heavy atom. The molecule has 1 saturated heterocycles. The van der Waals surface area contributed by atoms with Gasteiger partial charge in [-0.3, -0.25) is 4.98 Å². The third-order valence-corrected chi connectivity index (χ3v) is 7.29. The van der Waals surface area contributed by atoms with Crippen molar-refractivity contribution in [2.45, 2.75) is 12.8 Å². The maximum Gasteiger partial charge on any atom is 0.321 e. The van der Waals surface area contributed by atoms with E-state index < -0.39 is 0 Å². The molecule has 200 valence electrons. The van der Waals surface area contributed by atoms with Crippen LogP contribution in [-0.4, -0.2) is 52.1 Å². The number of hydrogen-bond acceptors (Lipinski definition) is 8. The quantitative estimate of drug-likeness (QED) is 0.305. The summed E-state index contributed by atoms with van der Waals surface area (Å²) in [6.45, 7) is 2.63. The largest absolute Gasteiger partial charge is 0.368 e. The van der Waals surface area contributed by atoms with Crippen molar-refractivity contribution in [1.82, 2.24) is 19.9 Å². The van der Waals surface area contributed by atoms with Gasteiger partial charge in [0.2, 0.25) is 5.95 Å². The average molecular weight is 552 g/mol. The van der Waals surface area contributed by atoms with Crippen molar-refractivity contribution < 1.29 is 4.79 Å². The number of pyridine rings is 1. The molecule has 6 bridgehead atoms. The Morgan fingerprint density at radius 1 is 0.950 bits per heavy atom. The van der Waals surface area contributed by atoms with E-state index in [-0.39, 0.29) is 6.03 Å². The van der Waals surface area contributed by atoms with Crippen LogP contribution in [0.15, 0.2) is 67.1 Å². The van der Waals surface area contributed by atoms with Crippen LogP contribution in [-0.2, 0) is 12.8 Å². The molecule has 4 aromatic rings. The highest BCUT2D eigenvalue weighted by Crippen LogP contribution is 2.29. The number of hydrogen-bond donors (Lipinski definition) is 3. The average Bonchev–Trinajstić information content (AvgIpc) is 2.99. The first kappa shape index (κ1) is 25.4. The summed E-state index contributed by atoms with van der Waals surface area (Å²) in [4.78, 5) is 30.5. The molecule has 0 aliphatic carbocycles. The molecule has 0 unspecified atom stereocenters. The summed E-state index contributed by atoms with van der Waals surface area (Å²) in [5, 5.41) is 19.0. The van der Waals surface area contributed by atoms with Gasteiger partial charge < -0.3 is 25.8 Å². The van der Waals surface area contributed by atoms with Crippen molar-refractivity contribution in [2.75, 3.05) is 47.0 Å². The van der Waals surface area contributed by atoms with Gasteiger partial charge in [-0.1, -0.05) is 11.6 Å². The summed E-state index contributed by atoms with van der Waals surface area (Å²) >= 11 is 6.38. The van der Waals surface area contributed by atoms with Crippen molar-refractivity contribution in [3.63, 3.8) is 0 Å². The molecule has 3 N–H and O–H groups in total. The van der Waals surface area contributed by atoms with Crippen LogP contribution in [0.3, 0.4) is 0 Å². The fraction of sp³-hybridized carbons (Fsp3) is 0.207. The van der Waals surface area contributed by atoms with Gasteiger partial charge in [-0.25, -0.2) is 9.78 Å². The lowest BCUT2D eigenvalue weighted by molar-refractivity contribution is 0.208. The minimum atomic E-state index is -0.129. The van der Waals surface area contributed by atoms with E-state index in [0.29, 0.717) is 55.0 Å². The zero-order chi connectivity index (χ0) is 27.5. The summed E-state index contributed by atoms with van der Waals surface area (Å²) in [7, 11) is 0. The van der Waals surface area contributed by atoms with Gasteiger partial charge in [-0.2, -0.15) is 10.2 Å². The van der Waals surface area contributed by atoms with E-state index in [1.54, 1.807) is 12.4 Å². The fourth-order valence-corrected chi connectivity index (χ4v) is 5.00. The molecule has 0 radical (unpaired) electrons. The molecule has 2 aliphatic heterocycles. The van der Waals surface area contributed by atoms with Crippen LogP contribution in [0.25, 0.3) is 0 Å². The van der Waals surface area contributed by atoms with Crippen LogP contribution in [0.4, 0.5) is 39.3 Å². The first-order chi connectivity index (χ1) is 19.5. The molecule has 0 atom stereocenters. The molecule has 40 heavy (non-hydrogen) atoms. The Morgan fingerprint density at radius 2 is 1.77 bits per heavy atom. The third-order valence-electron chi connectivity index (χ3n) is 7.02. The molecule has 2 amide bonds. The number of piperazine rings is 1. The number of nitriles is 1. The van der Waals surface area contributed by atoms with Crippen molar-refractivity contribution >= 4 is 52.1 Å². The number of rotatable bonds is 2. The number of carbonyl (C=O) groups excluding carboxylic acids is 1. The summed E-state index contributed by atoms with van der Waals surface area (Å²) in [5.41, 5.74) is 6.07. The number of fused-ring (bicyclic) bond motifs is 6. The minimum absolute atomic E-state index is 0.129. The van der Waals surface area contributed by atoms with Gasteiger partial charge in [0, 0.05) is 49.4 Å². The summed E-state index contributed by atoms with van der Waals surface area (Å²) in [5.74, 6) is 0.888. The van der Waals surface area contributed by atoms with Crippen molar-refractivity contribution in [1.29, 1.82) is 5.26 Å². The molecule has 2 aromatic heterocycles. The fourth-order valence-electron chi connectivity index (χ4n) is 4.86. The highest BCUT2D eigenvalue weighted by Gasteiger charge is 2.22. The van der Waals surface area contributed by atoms with Gasteiger partial charge in [0.15, 0.2) is 5.82 Å². The molecular formula is C29H26ClN9O. The van der Waals surface area contributed by atoms with Gasteiger partial charge >= 0.3 is 6.03 Å². The second kappa shape index (κ2) is 11.1. The van der Waals surface area contributed by atoms with Crippen LogP contribution in [0.1, 0.15) is 16.7 Å². The zero-order valence-electron chi connectivity index (χ0n) is 21.6. The Hall–Kier alpha value is -4.88. The molecule has 1 fully saturated rings. The maximum atomic E-state index is 13.3. The van der Waals surface area contributed by atoms with Crippen LogP contribution in [0, 0.1) is 11.3 Å². The predicted molar refractivity (Wildman–Crippen MR) is 156 cm³/mol. The van der Waals surface area contributed by atoms with E-state index in [1.807, 2.05) is 59.6 Å². The summed E-state index contributed by atoms with van der Waals surface area (Å²) < 4.78 is 0. The van der Waals surface area contributed by atoms with Gasteiger partial charge in [0.25, 0.3) is 0 Å². The van der Waals surface area contributed by atoms with Gasteiger partial charge in [0.1, 0.15) is 5.02 Å². The second-order valence-electron chi connectivity index (χ2n) is 9.66. The maximum absolute atomic E-state index is 13.3. The first-order valence-electron chi connectivity index (χ1n) is 13.0. The Bertz CT molecular complexity index is 1590. The number of benzene rings is 2. The summed E-state index contributed by atoms with van der Waals surface area (Å²) in [6, 6.07) is 17.4. The normalized spacial score (nSPS) is 14.4. The molecule has 11 heteroatoms. The number of halogens is 1. The number of urea groups is 1. The second-order valence-corrected chi connectivity index (χ2v) is 10.1. The lowest BCUT2D eigenvalue weighted by Gasteiger charge is -2.36. The standard InChI is InChI=1S/C29H26ClN9O/c30-25-18-33-28-35-23-13-20(16-32-17-23)1-4-21-14-22(34-27(25)37-28)5-8-26(21)36-29(40)39-11-9-38(10-12-39)24-6-2-19(15-31)3-7-24/h2-3,5-8,13-14,16-18H,1,4,9-12H2,(H,36,40)(H2,33,34,35,37). The molecule has 0 spiro atoms. The molecule has 0 saturated carbocycles. The molecule has 2 aliphatic rings. The number of amides is 2. The van der Waals surface area contributed by atoms with Crippen molar-refractivity contribution in [3.05, 3.63) is 88.8 Å². The van der Waals surface area contributed by atoms with E-state index in [9.17, 15) is 4.79 Å². The van der Waals surface area contributed by atoms with Crippen LogP contribution < -0.4 is 20.9 Å². The van der Waals surface area contributed by atoms with Gasteiger partial charge in [-0.05, 0) is 72.5 Å². The highest BCUT2D eigenvalue weighted by atomic mass is 35.5. The smallest absolute Gasteiger partial charge is 0.321 e.